The molecule has 142 valence electrons. The molecule has 4 rings (SSSR count). The van der Waals surface area contributed by atoms with Gasteiger partial charge in [-0.15, -0.1) is 21.5 Å². The van der Waals surface area contributed by atoms with E-state index in [0.717, 1.165) is 22.0 Å². The van der Waals surface area contributed by atoms with Crippen molar-refractivity contribution in [2.75, 3.05) is 5.75 Å². The monoisotopic (exact) mass is 412 g/mol. The van der Waals surface area contributed by atoms with Gasteiger partial charge in [0, 0.05) is 10.3 Å². The van der Waals surface area contributed by atoms with Crippen molar-refractivity contribution in [3.63, 3.8) is 0 Å². The molecule has 0 spiro atoms. The number of hydrogen-bond donors (Lipinski definition) is 1. The Hall–Kier alpha value is -2.98. The molecule has 0 aliphatic carbocycles. The molecular weight excluding hydrogens is 398 g/mol. The number of aliphatic carboxylic acids is 1. The van der Waals surface area contributed by atoms with E-state index in [1.54, 1.807) is 17.4 Å². The minimum atomic E-state index is -1.22. The number of carboxylic acids is 1. The van der Waals surface area contributed by atoms with Crippen LogP contribution in [0.5, 0.6) is 0 Å². The number of carboxylic acid groups (broad SMARTS) is 1. The van der Waals surface area contributed by atoms with Crippen molar-refractivity contribution in [3.05, 3.63) is 46.7 Å². The predicted octanol–water partition coefficient (Wildman–Crippen LogP) is 1.20. The van der Waals surface area contributed by atoms with Gasteiger partial charge in [0.15, 0.2) is 5.65 Å². The van der Waals surface area contributed by atoms with E-state index < -0.39 is 5.97 Å². The number of carbonyl (C=O) groups excluding carboxylic acids is 2. The predicted molar refractivity (Wildman–Crippen MR) is 105 cm³/mol. The highest BCUT2D eigenvalue weighted by Crippen LogP contribution is 2.26. The molecular formula is C18H14N5O3S2-. The van der Waals surface area contributed by atoms with Crippen molar-refractivity contribution < 1.29 is 14.7 Å². The molecule has 0 aliphatic rings. The van der Waals surface area contributed by atoms with Crippen molar-refractivity contribution >= 4 is 57.0 Å². The summed E-state index contributed by atoms with van der Waals surface area (Å²) >= 11 is 2.73. The van der Waals surface area contributed by atoms with Gasteiger partial charge in [-0.25, -0.2) is 4.98 Å². The van der Waals surface area contributed by atoms with Crippen LogP contribution < -0.4 is 10.4 Å². The first-order valence-corrected chi connectivity index (χ1v) is 10.2. The molecule has 8 nitrogen and oxygen atoms in total. The summed E-state index contributed by atoms with van der Waals surface area (Å²) in [6.07, 6.45) is 0. The molecule has 0 fully saturated rings. The number of thiophene rings is 1. The lowest BCUT2D eigenvalue weighted by molar-refractivity contribution is -0.306. The second-order valence-corrected chi connectivity index (χ2v) is 7.86. The lowest BCUT2D eigenvalue weighted by Gasteiger charge is -2.07. The van der Waals surface area contributed by atoms with Crippen LogP contribution in [-0.2, 0) is 22.7 Å². The molecule has 0 unspecified atom stereocenters. The van der Waals surface area contributed by atoms with Crippen LogP contribution in [0.25, 0.3) is 22.1 Å². The Morgan fingerprint density at radius 2 is 2.04 bits per heavy atom. The van der Waals surface area contributed by atoms with Crippen LogP contribution >= 0.6 is 23.1 Å². The topological polar surface area (TPSA) is 113 Å². The zero-order chi connectivity index (χ0) is 19.5. The zero-order valence-electron chi connectivity index (χ0n) is 14.5. The molecule has 3 heterocycles. The van der Waals surface area contributed by atoms with Crippen molar-refractivity contribution in [2.45, 2.75) is 18.2 Å². The molecule has 0 radical (unpaired) electrons. The second-order valence-electron chi connectivity index (χ2n) is 5.89. The quantitative estimate of drug-likeness (QED) is 0.454. The number of benzene rings is 1. The van der Waals surface area contributed by atoms with Crippen LogP contribution in [-0.4, -0.2) is 37.4 Å². The molecule has 1 N–H and O–H groups in total. The summed E-state index contributed by atoms with van der Waals surface area (Å²) in [5, 5.41) is 25.3. The average Bonchev–Trinajstić information content (AvgIpc) is 3.31. The molecule has 1 amide bonds. The molecule has 0 bridgehead atoms. The number of fused-ring (bicyclic) bond motifs is 3. The van der Waals surface area contributed by atoms with Crippen LogP contribution in [0.15, 0.2) is 46.9 Å². The van der Waals surface area contributed by atoms with Gasteiger partial charge in [0.25, 0.3) is 0 Å². The maximum Gasteiger partial charge on any atom is 0.230 e. The first-order valence-electron chi connectivity index (χ1n) is 8.35. The second kappa shape index (κ2) is 7.95. The summed E-state index contributed by atoms with van der Waals surface area (Å²) in [6.45, 7) is 0.142. The highest BCUT2D eigenvalue weighted by Gasteiger charge is 2.15. The van der Waals surface area contributed by atoms with Gasteiger partial charge in [0.1, 0.15) is 5.52 Å². The third kappa shape index (κ3) is 3.82. The summed E-state index contributed by atoms with van der Waals surface area (Å²) in [5.41, 5.74) is 1.62. The fourth-order valence-corrected chi connectivity index (χ4v) is 4.08. The maximum absolute atomic E-state index is 12.0. The first kappa shape index (κ1) is 18.4. The lowest BCUT2D eigenvalue weighted by atomic mass is 10.2. The number of para-hydroxylation sites is 1. The minimum Gasteiger partial charge on any atom is -0.548 e. The molecule has 0 atom stereocenters. The smallest absolute Gasteiger partial charge is 0.230 e. The fraction of sp³-hybridized carbons (Fsp3) is 0.167. The van der Waals surface area contributed by atoms with Gasteiger partial charge in [0.05, 0.1) is 30.3 Å². The minimum absolute atomic E-state index is 0.138. The first-order chi connectivity index (χ1) is 13.6. The zero-order valence-corrected chi connectivity index (χ0v) is 16.1. The Bertz CT molecular complexity index is 1160. The Balaban J connectivity index is 1.54. The van der Waals surface area contributed by atoms with E-state index in [0.29, 0.717) is 28.4 Å². The van der Waals surface area contributed by atoms with Gasteiger partial charge in [0.2, 0.25) is 11.1 Å². The molecule has 10 heteroatoms. The molecule has 0 saturated heterocycles. The molecule has 4 aromatic rings. The molecule has 0 saturated carbocycles. The SMILES string of the molecule is O=C([O-])Cn1c2ccccc2c2nnc(SCC(=O)NCc3cccs3)nc21. The number of carbonyl (C=O) groups is 2. The van der Waals surface area contributed by atoms with E-state index in [9.17, 15) is 14.7 Å². The van der Waals surface area contributed by atoms with E-state index in [-0.39, 0.29) is 18.2 Å². The number of thioether (sulfide) groups is 1. The number of hydrogen-bond acceptors (Lipinski definition) is 8. The number of nitrogens with one attached hydrogen (secondary N) is 1. The Morgan fingerprint density at radius 3 is 2.82 bits per heavy atom. The lowest BCUT2D eigenvalue weighted by Crippen LogP contribution is -2.27. The van der Waals surface area contributed by atoms with E-state index in [4.69, 9.17) is 0 Å². The molecule has 28 heavy (non-hydrogen) atoms. The molecule has 0 aliphatic heterocycles. The van der Waals surface area contributed by atoms with Crippen LogP contribution in [0, 0.1) is 0 Å². The Kier molecular flexibility index (Phi) is 5.22. The highest BCUT2D eigenvalue weighted by atomic mass is 32.2. The van der Waals surface area contributed by atoms with Gasteiger partial charge < -0.3 is 19.8 Å². The van der Waals surface area contributed by atoms with E-state index in [1.165, 1.54) is 4.57 Å². The number of aromatic nitrogens is 4. The highest BCUT2D eigenvalue weighted by molar-refractivity contribution is 7.99. The number of nitrogens with zero attached hydrogens (tertiary/aromatic N) is 4. The van der Waals surface area contributed by atoms with Crippen LogP contribution in [0.1, 0.15) is 4.88 Å². The summed E-state index contributed by atoms with van der Waals surface area (Å²) in [7, 11) is 0. The van der Waals surface area contributed by atoms with Crippen LogP contribution in [0.4, 0.5) is 0 Å². The standard InChI is InChI=1S/C18H15N5O3S2/c24-14(19-8-11-4-3-7-27-11)10-28-18-20-17-16(21-22-18)12-5-1-2-6-13(12)23(17)9-15(25)26/h1-7H,8-10H2,(H,19,24)(H,25,26)/p-1. The van der Waals surface area contributed by atoms with Gasteiger partial charge in [-0.2, -0.15) is 0 Å². The fourth-order valence-electron chi connectivity index (χ4n) is 2.82. The Labute approximate surface area is 167 Å². The van der Waals surface area contributed by atoms with Gasteiger partial charge in [-0.05, 0) is 17.5 Å². The molecule has 1 aromatic carbocycles. The van der Waals surface area contributed by atoms with Crippen molar-refractivity contribution in [3.8, 4) is 0 Å². The largest absolute Gasteiger partial charge is 0.548 e. The van der Waals surface area contributed by atoms with E-state index in [2.05, 4.69) is 20.5 Å². The van der Waals surface area contributed by atoms with Crippen molar-refractivity contribution in [2.24, 2.45) is 0 Å². The Morgan fingerprint density at radius 1 is 1.18 bits per heavy atom. The third-order valence-electron chi connectivity index (χ3n) is 4.01. The van der Waals surface area contributed by atoms with Gasteiger partial charge in [-0.1, -0.05) is 36.0 Å². The number of rotatable bonds is 7. The van der Waals surface area contributed by atoms with E-state index >= 15 is 0 Å². The van der Waals surface area contributed by atoms with Gasteiger partial charge >= 0.3 is 0 Å². The van der Waals surface area contributed by atoms with E-state index in [1.807, 2.05) is 35.7 Å². The normalized spacial score (nSPS) is 11.1. The van der Waals surface area contributed by atoms with Crippen LogP contribution in [0.3, 0.4) is 0 Å². The van der Waals surface area contributed by atoms with Crippen LogP contribution in [0.2, 0.25) is 0 Å². The third-order valence-corrected chi connectivity index (χ3v) is 5.73. The summed E-state index contributed by atoms with van der Waals surface area (Å²) in [4.78, 5) is 28.7. The van der Waals surface area contributed by atoms with Crippen molar-refractivity contribution in [1.82, 2.24) is 25.1 Å². The van der Waals surface area contributed by atoms with Crippen molar-refractivity contribution in [1.29, 1.82) is 0 Å². The average molecular weight is 412 g/mol. The maximum atomic E-state index is 12.0. The summed E-state index contributed by atoms with van der Waals surface area (Å²) in [6, 6.07) is 11.2. The van der Waals surface area contributed by atoms with Gasteiger partial charge in [-0.3, -0.25) is 4.79 Å². The molecule has 3 aromatic heterocycles. The summed E-state index contributed by atoms with van der Waals surface area (Å²) < 4.78 is 1.54. The summed E-state index contributed by atoms with van der Waals surface area (Å²) in [5.74, 6) is -1.22. The number of amides is 1.